The third-order valence-electron chi connectivity index (χ3n) is 0. The van der Waals surface area contributed by atoms with Crippen molar-refractivity contribution in [3.8, 4) is 0 Å². The van der Waals surface area contributed by atoms with E-state index in [0.717, 1.165) is 0 Å². The van der Waals surface area contributed by atoms with Gasteiger partial charge in [-0.15, -0.1) is 0 Å². The normalized spacial score (nSPS) is 1.25. The SMILES string of the molecule is [BiH3].[CaH2].[O]=[Fe]. The van der Waals surface area contributed by atoms with Gasteiger partial charge in [-0.3, -0.25) is 0 Å². The molecule has 0 rings (SSSR count). The Labute approximate surface area is 82.0 Å². The molecule has 0 bridgehead atoms. The van der Waals surface area contributed by atoms with E-state index in [1.54, 1.807) is 0 Å². The maximum absolute atomic E-state index is 8.00. The molecule has 0 spiro atoms. The molecule has 0 unspecified atom stereocenters. The third kappa shape index (κ3) is 8.82. The predicted octanol–water partition coefficient (Wildman–Crippen LogP) is -2.22. The molecule has 0 radical (unpaired) electrons. The van der Waals surface area contributed by atoms with E-state index in [4.69, 9.17) is 3.83 Å². The van der Waals surface area contributed by atoms with Gasteiger partial charge in [0.15, 0.2) is 0 Å². The van der Waals surface area contributed by atoms with Gasteiger partial charge in [-0.2, -0.15) is 0 Å². The standard InChI is InChI=1S/Bi.Ca.Fe.O.5H. The van der Waals surface area contributed by atoms with Gasteiger partial charge in [0, 0.05) is 0 Å². The molecule has 0 heterocycles. The van der Waals surface area contributed by atoms with Crippen LogP contribution in [0.15, 0.2) is 0 Å². The second-order valence-corrected chi connectivity index (χ2v) is 0. The molecule has 0 amide bonds. The van der Waals surface area contributed by atoms with Crippen molar-refractivity contribution in [3.63, 3.8) is 0 Å². The molecule has 0 aliphatic heterocycles. The zero-order valence-electron chi connectivity index (χ0n) is 1.47. The van der Waals surface area contributed by atoms with Gasteiger partial charge < -0.3 is 0 Å². The van der Waals surface area contributed by atoms with Crippen molar-refractivity contribution in [3.05, 3.63) is 0 Å². The fourth-order valence-electron chi connectivity index (χ4n) is 0. The summed E-state index contributed by atoms with van der Waals surface area (Å²) in [6, 6.07) is 0. The molecule has 0 atom stereocenters. The van der Waals surface area contributed by atoms with E-state index in [-0.39, 0.29) is 63.9 Å². The van der Waals surface area contributed by atoms with E-state index in [2.05, 4.69) is 0 Å². The molecule has 0 saturated carbocycles. The summed E-state index contributed by atoms with van der Waals surface area (Å²) in [6.45, 7) is 0. The van der Waals surface area contributed by atoms with Crippen LogP contribution in [0.1, 0.15) is 0 Å². The van der Waals surface area contributed by atoms with Crippen LogP contribution in [-0.4, -0.2) is 63.9 Å². The van der Waals surface area contributed by atoms with Gasteiger partial charge in [-0.05, 0) is 0 Å². The van der Waals surface area contributed by atoms with Crippen LogP contribution in [0, 0.1) is 0 Å². The minimum absolute atomic E-state index is 0. The molecule has 4 heavy (non-hydrogen) atoms. The number of hydrogen-bond acceptors (Lipinski definition) is 1. The molecule has 0 fully saturated rings. The van der Waals surface area contributed by atoms with Crippen molar-refractivity contribution < 1.29 is 19.8 Å². The second kappa shape index (κ2) is 17.9. The summed E-state index contributed by atoms with van der Waals surface area (Å²) in [5, 5.41) is 0. The van der Waals surface area contributed by atoms with E-state index in [1.165, 1.54) is 0 Å². The van der Waals surface area contributed by atoms with Crippen LogP contribution in [0.2, 0.25) is 0 Å². The molecule has 1 nitrogen and oxygen atoms in total. The summed E-state index contributed by atoms with van der Waals surface area (Å²) >= 11 is 2.00. The maximum atomic E-state index is 8.00. The van der Waals surface area contributed by atoms with E-state index in [0.29, 0.717) is 0 Å². The second-order valence-electron chi connectivity index (χ2n) is 0. The molecular formula is H5BiCaFeO. The first-order valence-corrected chi connectivity index (χ1v) is 0.595. The molecule has 0 aromatic heterocycles. The minimum atomic E-state index is 0. The Bertz CT molecular complexity index is 8.00. The van der Waals surface area contributed by atoms with Crippen LogP contribution in [0.3, 0.4) is 0 Å². The number of rotatable bonds is 0. The first-order valence-electron chi connectivity index (χ1n) is 0.144. The van der Waals surface area contributed by atoms with Crippen molar-refractivity contribution in [2.75, 3.05) is 0 Å². The summed E-state index contributed by atoms with van der Waals surface area (Å²) in [7, 11) is 0. The Hall–Kier alpha value is 2.46. The van der Waals surface area contributed by atoms with Crippen LogP contribution in [0.25, 0.3) is 0 Å². The van der Waals surface area contributed by atoms with E-state index >= 15 is 0 Å². The van der Waals surface area contributed by atoms with Crippen molar-refractivity contribution in [1.29, 1.82) is 0 Å². The first kappa shape index (κ1) is 16.1. The molecule has 26 valence electrons. The van der Waals surface area contributed by atoms with Crippen molar-refractivity contribution in [1.82, 2.24) is 0 Å². The molecule has 0 saturated heterocycles. The average molecular weight is 326 g/mol. The van der Waals surface area contributed by atoms with Crippen molar-refractivity contribution >= 4 is 63.9 Å². The monoisotopic (exact) mass is 326 g/mol. The van der Waals surface area contributed by atoms with Crippen molar-refractivity contribution in [2.24, 2.45) is 0 Å². The summed E-state index contributed by atoms with van der Waals surface area (Å²) in [4.78, 5) is 0. The molecular weight excluding hydrogens is 321 g/mol. The van der Waals surface area contributed by atoms with Crippen LogP contribution >= 0.6 is 0 Å². The Balaban J connectivity index is -0.00000000500. The van der Waals surface area contributed by atoms with E-state index < -0.39 is 0 Å². The van der Waals surface area contributed by atoms with E-state index in [1.807, 2.05) is 15.9 Å². The molecule has 0 aromatic rings. The summed E-state index contributed by atoms with van der Waals surface area (Å²) < 4.78 is 8.00. The van der Waals surface area contributed by atoms with Gasteiger partial charge in [0.1, 0.15) is 0 Å². The molecule has 4 heteroatoms. The Morgan fingerprint density at radius 1 is 1.25 bits per heavy atom. The summed E-state index contributed by atoms with van der Waals surface area (Å²) in [6.07, 6.45) is 0. The average Bonchev–Trinajstić information content (AvgIpc) is 1.00. The van der Waals surface area contributed by atoms with Crippen molar-refractivity contribution in [2.45, 2.75) is 0 Å². The third-order valence-corrected chi connectivity index (χ3v) is 0. The molecule has 0 aliphatic carbocycles. The van der Waals surface area contributed by atoms with E-state index in [9.17, 15) is 0 Å². The van der Waals surface area contributed by atoms with Gasteiger partial charge >= 0.3 is 83.7 Å². The Kier molecular flexibility index (Phi) is 72.1. The topological polar surface area (TPSA) is 17.1 Å². The quantitative estimate of drug-likeness (QED) is 0.461. The zero-order chi connectivity index (χ0) is 2.00. The molecule has 0 N–H and O–H groups in total. The fraction of sp³-hybridized carbons (Fsp3) is 0. The number of hydrogen-bond donors (Lipinski definition) is 0. The predicted molar refractivity (Wildman–Crippen MR) is 19.2 cm³/mol. The molecule has 0 aliphatic rings. The first-order chi connectivity index (χ1) is 1.00. The fourth-order valence-corrected chi connectivity index (χ4v) is 0. The van der Waals surface area contributed by atoms with Gasteiger partial charge in [0.05, 0.1) is 0 Å². The molecule has 0 aromatic carbocycles. The van der Waals surface area contributed by atoms with Gasteiger partial charge in [-0.1, -0.05) is 0 Å². The van der Waals surface area contributed by atoms with Crippen LogP contribution < -0.4 is 0 Å². The van der Waals surface area contributed by atoms with Gasteiger partial charge in [0.25, 0.3) is 0 Å². The van der Waals surface area contributed by atoms with Gasteiger partial charge in [0.2, 0.25) is 0 Å². The van der Waals surface area contributed by atoms with Crippen LogP contribution in [-0.2, 0) is 19.8 Å². The Morgan fingerprint density at radius 2 is 1.25 bits per heavy atom. The summed E-state index contributed by atoms with van der Waals surface area (Å²) in [5.74, 6) is 0. The Morgan fingerprint density at radius 3 is 1.25 bits per heavy atom. The van der Waals surface area contributed by atoms with Crippen LogP contribution in [0.4, 0.5) is 0 Å². The summed E-state index contributed by atoms with van der Waals surface area (Å²) in [5.41, 5.74) is 0. The zero-order valence-corrected chi connectivity index (χ0v) is 8.07. The van der Waals surface area contributed by atoms with Crippen LogP contribution in [0.5, 0.6) is 0 Å². The van der Waals surface area contributed by atoms with Gasteiger partial charge in [-0.25, -0.2) is 0 Å².